The predicted octanol–water partition coefficient (Wildman–Crippen LogP) is 0.857. The predicted molar refractivity (Wildman–Crippen MR) is 68.5 cm³/mol. The highest BCUT2D eigenvalue weighted by Crippen LogP contribution is 2.27. The molecule has 0 radical (unpaired) electrons. The van der Waals surface area contributed by atoms with E-state index in [1.807, 2.05) is 31.3 Å². The first-order chi connectivity index (χ1) is 7.74. The molecule has 1 aliphatic rings. The largest absolute Gasteiger partial charge is 0.336 e. The topological polar surface area (TPSA) is 47.1 Å². The van der Waals surface area contributed by atoms with Crippen LogP contribution in [-0.4, -0.2) is 45.6 Å². The molecule has 0 bridgehead atoms. The molecule has 2 rings (SSSR count). The van der Waals surface area contributed by atoms with Crippen LogP contribution in [0.2, 0.25) is 0 Å². The first kappa shape index (κ1) is 12.0. The highest BCUT2D eigenvalue weighted by Gasteiger charge is 2.27. The summed E-state index contributed by atoms with van der Waals surface area (Å²) in [5.74, 6) is 2.50. The van der Waals surface area contributed by atoms with Gasteiger partial charge in [-0.15, -0.1) is 0 Å². The number of imidazole rings is 1. The average molecular weight is 240 g/mol. The van der Waals surface area contributed by atoms with Gasteiger partial charge in [-0.1, -0.05) is 0 Å². The average Bonchev–Trinajstić information content (AvgIpc) is 2.91. The van der Waals surface area contributed by atoms with E-state index in [-0.39, 0.29) is 6.04 Å². The van der Waals surface area contributed by atoms with E-state index in [0.29, 0.717) is 12.6 Å². The molecule has 0 amide bonds. The number of nitrogens with two attached hydrogens (primary N) is 1. The Balaban J connectivity index is 2.12. The second-order valence-electron chi connectivity index (χ2n) is 4.36. The minimum Gasteiger partial charge on any atom is -0.336 e. The number of rotatable bonds is 4. The smallest absolute Gasteiger partial charge is 0.0946 e. The molecule has 0 spiro atoms. The fraction of sp³-hybridized carbons (Fsp3) is 0.727. The quantitative estimate of drug-likeness (QED) is 0.848. The van der Waals surface area contributed by atoms with Crippen LogP contribution in [0.3, 0.4) is 0 Å². The van der Waals surface area contributed by atoms with Crippen LogP contribution in [0, 0.1) is 0 Å². The van der Waals surface area contributed by atoms with E-state index in [1.54, 1.807) is 0 Å². The summed E-state index contributed by atoms with van der Waals surface area (Å²) in [5.41, 5.74) is 7.12. The minimum atomic E-state index is 0.288. The molecule has 4 nitrogen and oxygen atoms in total. The number of hydrogen-bond donors (Lipinski definition) is 1. The van der Waals surface area contributed by atoms with Crippen LogP contribution in [0.5, 0.6) is 0 Å². The van der Waals surface area contributed by atoms with Gasteiger partial charge in [-0.25, -0.2) is 4.98 Å². The summed E-state index contributed by atoms with van der Waals surface area (Å²) in [5, 5.41) is 0. The van der Waals surface area contributed by atoms with Gasteiger partial charge in [0.2, 0.25) is 0 Å². The molecule has 2 heterocycles. The maximum Gasteiger partial charge on any atom is 0.0946 e. The van der Waals surface area contributed by atoms with E-state index >= 15 is 0 Å². The molecule has 0 aromatic carbocycles. The summed E-state index contributed by atoms with van der Waals surface area (Å²) in [6, 6.07) is 0.949. The Labute approximate surface area is 101 Å². The molecule has 2 atom stereocenters. The SMILES string of the molecule is CN(C1CCSC1)C(CN)c1cncn1C. The molecule has 0 saturated carbocycles. The maximum absolute atomic E-state index is 5.91. The third-order valence-corrected chi connectivity index (χ3v) is 4.54. The fourth-order valence-corrected chi connectivity index (χ4v) is 3.56. The van der Waals surface area contributed by atoms with Crippen molar-refractivity contribution in [3.8, 4) is 0 Å². The molecule has 1 aromatic rings. The summed E-state index contributed by atoms with van der Waals surface area (Å²) in [6.07, 6.45) is 5.04. The third kappa shape index (κ3) is 2.26. The molecular formula is C11H20N4S. The Morgan fingerprint density at radius 3 is 3.06 bits per heavy atom. The monoisotopic (exact) mass is 240 g/mol. The van der Waals surface area contributed by atoms with Gasteiger partial charge in [0.1, 0.15) is 0 Å². The Morgan fingerprint density at radius 1 is 1.75 bits per heavy atom. The molecule has 1 saturated heterocycles. The van der Waals surface area contributed by atoms with Gasteiger partial charge in [-0.3, -0.25) is 4.90 Å². The number of aromatic nitrogens is 2. The number of aryl methyl sites for hydroxylation is 1. The molecule has 2 unspecified atom stereocenters. The van der Waals surface area contributed by atoms with E-state index < -0.39 is 0 Å². The summed E-state index contributed by atoms with van der Waals surface area (Å²) in [4.78, 5) is 6.59. The molecule has 1 fully saturated rings. The van der Waals surface area contributed by atoms with Gasteiger partial charge in [-0.2, -0.15) is 11.8 Å². The Kier molecular flexibility index (Phi) is 3.89. The van der Waals surface area contributed by atoms with Crippen molar-refractivity contribution in [2.75, 3.05) is 25.1 Å². The van der Waals surface area contributed by atoms with Crippen molar-refractivity contribution in [2.24, 2.45) is 12.8 Å². The summed E-state index contributed by atoms with van der Waals surface area (Å²) >= 11 is 2.03. The van der Waals surface area contributed by atoms with Crippen molar-refractivity contribution < 1.29 is 0 Å². The lowest BCUT2D eigenvalue weighted by molar-refractivity contribution is 0.187. The number of likely N-dealkylation sites (N-methyl/N-ethyl adjacent to an activating group) is 1. The lowest BCUT2D eigenvalue weighted by Gasteiger charge is -2.31. The molecule has 16 heavy (non-hydrogen) atoms. The summed E-state index contributed by atoms with van der Waals surface area (Å²) in [7, 11) is 4.21. The van der Waals surface area contributed by atoms with Gasteiger partial charge in [0.25, 0.3) is 0 Å². The number of nitrogens with zero attached hydrogens (tertiary/aromatic N) is 3. The molecule has 2 N–H and O–H groups in total. The minimum absolute atomic E-state index is 0.288. The highest BCUT2D eigenvalue weighted by atomic mass is 32.2. The van der Waals surface area contributed by atoms with Gasteiger partial charge in [-0.05, 0) is 19.2 Å². The van der Waals surface area contributed by atoms with Gasteiger partial charge in [0.05, 0.1) is 18.1 Å². The second kappa shape index (κ2) is 5.21. The Morgan fingerprint density at radius 2 is 2.56 bits per heavy atom. The van der Waals surface area contributed by atoms with E-state index in [9.17, 15) is 0 Å². The zero-order chi connectivity index (χ0) is 11.5. The fourth-order valence-electron chi connectivity index (χ4n) is 2.28. The zero-order valence-electron chi connectivity index (χ0n) is 9.97. The maximum atomic E-state index is 5.91. The zero-order valence-corrected chi connectivity index (χ0v) is 10.8. The molecular weight excluding hydrogens is 220 g/mol. The lowest BCUT2D eigenvalue weighted by Crippen LogP contribution is -2.39. The molecule has 1 aliphatic heterocycles. The van der Waals surface area contributed by atoms with Crippen molar-refractivity contribution in [1.29, 1.82) is 0 Å². The normalized spacial score (nSPS) is 22.9. The van der Waals surface area contributed by atoms with Crippen LogP contribution in [0.4, 0.5) is 0 Å². The highest BCUT2D eigenvalue weighted by molar-refractivity contribution is 7.99. The molecule has 1 aromatic heterocycles. The van der Waals surface area contributed by atoms with Crippen LogP contribution < -0.4 is 5.73 Å². The van der Waals surface area contributed by atoms with Crippen molar-refractivity contribution in [3.05, 3.63) is 18.2 Å². The van der Waals surface area contributed by atoms with Crippen molar-refractivity contribution >= 4 is 11.8 Å². The van der Waals surface area contributed by atoms with Crippen molar-refractivity contribution in [2.45, 2.75) is 18.5 Å². The summed E-state index contributed by atoms with van der Waals surface area (Å²) in [6.45, 7) is 0.650. The van der Waals surface area contributed by atoms with E-state index in [4.69, 9.17) is 5.73 Å². The van der Waals surface area contributed by atoms with Crippen LogP contribution in [0.1, 0.15) is 18.2 Å². The van der Waals surface area contributed by atoms with E-state index in [2.05, 4.69) is 21.5 Å². The lowest BCUT2D eigenvalue weighted by atomic mass is 10.1. The standard InChI is InChI=1S/C11H20N4S/c1-14-8-13-6-11(14)10(5-12)15(2)9-3-4-16-7-9/h6,8-10H,3-5,7,12H2,1-2H3. The molecule has 90 valence electrons. The van der Waals surface area contributed by atoms with Gasteiger partial charge in [0.15, 0.2) is 0 Å². The van der Waals surface area contributed by atoms with Crippen molar-refractivity contribution in [1.82, 2.24) is 14.5 Å². The number of hydrogen-bond acceptors (Lipinski definition) is 4. The van der Waals surface area contributed by atoms with Crippen LogP contribution in [0.15, 0.2) is 12.5 Å². The first-order valence-electron chi connectivity index (χ1n) is 5.70. The number of thioether (sulfide) groups is 1. The van der Waals surface area contributed by atoms with Crippen LogP contribution in [-0.2, 0) is 7.05 Å². The van der Waals surface area contributed by atoms with Gasteiger partial charge < -0.3 is 10.3 Å². The molecule has 0 aliphatic carbocycles. The Hall–Kier alpha value is -0.520. The van der Waals surface area contributed by atoms with Gasteiger partial charge >= 0.3 is 0 Å². The second-order valence-corrected chi connectivity index (χ2v) is 5.51. The first-order valence-corrected chi connectivity index (χ1v) is 6.85. The van der Waals surface area contributed by atoms with E-state index in [0.717, 1.165) is 0 Å². The van der Waals surface area contributed by atoms with E-state index in [1.165, 1.54) is 23.6 Å². The van der Waals surface area contributed by atoms with Gasteiger partial charge in [0, 0.05) is 31.6 Å². The van der Waals surface area contributed by atoms with Crippen LogP contribution in [0.25, 0.3) is 0 Å². The van der Waals surface area contributed by atoms with Crippen molar-refractivity contribution in [3.63, 3.8) is 0 Å². The summed E-state index contributed by atoms with van der Waals surface area (Å²) < 4.78 is 2.07. The van der Waals surface area contributed by atoms with Crippen LogP contribution >= 0.6 is 11.8 Å². The molecule has 5 heteroatoms. The Bertz CT molecular complexity index is 332. The third-order valence-electron chi connectivity index (χ3n) is 3.39.